The third-order valence-electron chi connectivity index (χ3n) is 5.48. The molecule has 0 spiro atoms. The number of nitrogens with two attached hydrogens (primary N) is 1. The minimum Gasteiger partial charge on any atom is -0.486 e. The number of rotatable bonds is 2. The van der Waals surface area contributed by atoms with Crippen molar-refractivity contribution in [2.24, 2.45) is 0 Å². The van der Waals surface area contributed by atoms with Crippen LogP contribution in [-0.2, 0) is 6.18 Å². The Morgan fingerprint density at radius 3 is 2.36 bits per heavy atom. The lowest BCUT2D eigenvalue weighted by atomic mass is 10.0. The third-order valence-corrected chi connectivity index (χ3v) is 5.48. The number of nitrogens with zero attached hydrogens (tertiary/aromatic N) is 2. The van der Waals surface area contributed by atoms with Gasteiger partial charge in [0.2, 0.25) is 0 Å². The number of aryl methyl sites for hydroxylation is 1. The van der Waals surface area contributed by atoms with Crippen LogP contribution in [0.25, 0.3) is 27.8 Å². The molecular weight excluding hydrogens is 435 g/mol. The summed E-state index contributed by atoms with van der Waals surface area (Å²) >= 11 is 0. The van der Waals surface area contributed by atoms with Gasteiger partial charge in [0.05, 0.1) is 16.9 Å². The molecular formula is C24H18F3N3O3. The summed E-state index contributed by atoms with van der Waals surface area (Å²) in [5.74, 6) is 1.00. The van der Waals surface area contributed by atoms with Gasteiger partial charge in [0.25, 0.3) is 5.56 Å². The molecule has 2 aromatic heterocycles. The fourth-order valence-electron chi connectivity index (χ4n) is 3.86. The average Bonchev–Trinajstić information content (AvgIpc) is 2.79. The summed E-state index contributed by atoms with van der Waals surface area (Å²) in [5, 5.41) is 0.230. The van der Waals surface area contributed by atoms with E-state index in [0.29, 0.717) is 36.0 Å². The minimum atomic E-state index is -4.67. The summed E-state index contributed by atoms with van der Waals surface area (Å²) in [7, 11) is 0. The van der Waals surface area contributed by atoms with Crippen molar-refractivity contribution in [1.82, 2.24) is 9.55 Å². The lowest BCUT2D eigenvalue weighted by Gasteiger charge is -2.20. The second-order valence-electron chi connectivity index (χ2n) is 7.69. The first-order valence-electron chi connectivity index (χ1n) is 10.1. The standard InChI is InChI=1S/C24H18F3N3O3/c1-13-2-5-15(6-3-13)30-22-16(7-9-19(29-22)24(25,26)27)21(28)20(23(30)31)14-4-8-17-18(12-14)33-11-10-32-17/h2-9,12H,10-11,28H2,1H3. The lowest BCUT2D eigenvalue weighted by Crippen LogP contribution is -2.24. The monoisotopic (exact) mass is 453 g/mol. The number of benzene rings is 2. The van der Waals surface area contributed by atoms with Gasteiger partial charge in [-0.05, 0) is 48.9 Å². The highest BCUT2D eigenvalue weighted by atomic mass is 19.4. The van der Waals surface area contributed by atoms with Crippen LogP contribution in [0.2, 0.25) is 0 Å². The number of halogens is 3. The molecule has 33 heavy (non-hydrogen) atoms. The van der Waals surface area contributed by atoms with Gasteiger partial charge >= 0.3 is 6.18 Å². The van der Waals surface area contributed by atoms with Gasteiger partial charge in [0.15, 0.2) is 11.5 Å². The van der Waals surface area contributed by atoms with E-state index in [4.69, 9.17) is 15.2 Å². The first kappa shape index (κ1) is 20.9. The number of anilines is 1. The maximum Gasteiger partial charge on any atom is 0.433 e. The van der Waals surface area contributed by atoms with E-state index >= 15 is 0 Å². The molecule has 5 rings (SSSR count). The van der Waals surface area contributed by atoms with E-state index in [1.165, 1.54) is 6.07 Å². The van der Waals surface area contributed by atoms with Crippen LogP contribution in [0.15, 0.2) is 59.4 Å². The molecule has 0 aliphatic carbocycles. The molecule has 9 heteroatoms. The molecule has 6 nitrogen and oxygen atoms in total. The van der Waals surface area contributed by atoms with Crippen molar-refractivity contribution in [3.63, 3.8) is 0 Å². The van der Waals surface area contributed by atoms with Crippen molar-refractivity contribution < 1.29 is 22.6 Å². The highest BCUT2D eigenvalue weighted by Gasteiger charge is 2.33. The fraction of sp³-hybridized carbons (Fsp3) is 0.167. The predicted molar refractivity (Wildman–Crippen MR) is 118 cm³/mol. The SMILES string of the molecule is Cc1ccc(-n2c(=O)c(-c3ccc4c(c3)OCCO4)c(N)c3ccc(C(F)(F)F)nc32)cc1. The maximum absolute atomic E-state index is 13.7. The highest BCUT2D eigenvalue weighted by Crippen LogP contribution is 2.38. The van der Waals surface area contributed by atoms with Crippen LogP contribution in [0.4, 0.5) is 18.9 Å². The van der Waals surface area contributed by atoms with Crippen molar-refractivity contribution >= 4 is 16.7 Å². The normalized spacial score (nSPS) is 13.3. The van der Waals surface area contributed by atoms with E-state index in [1.807, 2.05) is 6.92 Å². The van der Waals surface area contributed by atoms with E-state index in [1.54, 1.807) is 42.5 Å². The van der Waals surface area contributed by atoms with Crippen LogP contribution >= 0.6 is 0 Å². The van der Waals surface area contributed by atoms with Gasteiger partial charge in [-0.3, -0.25) is 9.36 Å². The highest BCUT2D eigenvalue weighted by molar-refractivity contribution is 5.97. The molecule has 1 aliphatic heterocycles. The quantitative estimate of drug-likeness (QED) is 0.475. The fourth-order valence-corrected chi connectivity index (χ4v) is 3.86. The summed E-state index contributed by atoms with van der Waals surface area (Å²) in [6.07, 6.45) is -4.67. The van der Waals surface area contributed by atoms with Crippen LogP contribution in [-0.4, -0.2) is 22.8 Å². The van der Waals surface area contributed by atoms with Crippen LogP contribution in [0.5, 0.6) is 11.5 Å². The summed E-state index contributed by atoms with van der Waals surface area (Å²) in [6, 6.07) is 13.9. The summed E-state index contributed by atoms with van der Waals surface area (Å²) in [4.78, 5) is 17.5. The second-order valence-corrected chi connectivity index (χ2v) is 7.69. The number of aromatic nitrogens is 2. The first-order valence-corrected chi connectivity index (χ1v) is 10.1. The van der Waals surface area contributed by atoms with Crippen molar-refractivity contribution in [1.29, 1.82) is 0 Å². The molecule has 0 saturated carbocycles. The number of pyridine rings is 2. The zero-order valence-corrected chi connectivity index (χ0v) is 17.4. The van der Waals surface area contributed by atoms with E-state index < -0.39 is 17.4 Å². The van der Waals surface area contributed by atoms with Crippen LogP contribution < -0.4 is 20.8 Å². The van der Waals surface area contributed by atoms with Gasteiger partial charge in [0, 0.05) is 5.39 Å². The number of fused-ring (bicyclic) bond motifs is 2. The zero-order chi connectivity index (χ0) is 23.3. The van der Waals surface area contributed by atoms with Crippen molar-refractivity contribution in [2.45, 2.75) is 13.1 Å². The molecule has 0 amide bonds. The van der Waals surface area contributed by atoms with Crippen molar-refractivity contribution in [3.05, 3.63) is 76.2 Å². The molecule has 0 radical (unpaired) electrons. The van der Waals surface area contributed by atoms with E-state index in [0.717, 1.165) is 16.2 Å². The van der Waals surface area contributed by atoms with Gasteiger partial charge in [-0.25, -0.2) is 4.98 Å². The van der Waals surface area contributed by atoms with E-state index in [2.05, 4.69) is 4.98 Å². The van der Waals surface area contributed by atoms with E-state index in [9.17, 15) is 18.0 Å². The molecule has 4 aromatic rings. The molecule has 0 fully saturated rings. The number of alkyl halides is 3. The zero-order valence-electron chi connectivity index (χ0n) is 17.4. The number of nitrogen functional groups attached to an aromatic ring is 1. The number of ether oxygens (including phenoxy) is 2. The van der Waals surface area contributed by atoms with Crippen molar-refractivity contribution in [3.8, 4) is 28.3 Å². The van der Waals surface area contributed by atoms with E-state index in [-0.39, 0.29) is 22.3 Å². The Balaban J connectivity index is 1.85. The van der Waals surface area contributed by atoms with Gasteiger partial charge in [-0.2, -0.15) is 13.2 Å². The van der Waals surface area contributed by atoms with Gasteiger partial charge < -0.3 is 15.2 Å². The third kappa shape index (κ3) is 3.55. The Hall–Kier alpha value is -4.01. The minimum absolute atomic E-state index is 0.0382. The number of hydrogen-bond donors (Lipinski definition) is 1. The predicted octanol–water partition coefficient (Wildman–Crippen LogP) is 4.73. The maximum atomic E-state index is 13.7. The first-order chi connectivity index (χ1) is 15.7. The molecule has 2 N–H and O–H groups in total. The van der Waals surface area contributed by atoms with Gasteiger partial charge in [0.1, 0.15) is 24.6 Å². The van der Waals surface area contributed by atoms with Crippen LogP contribution in [0.3, 0.4) is 0 Å². The topological polar surface area (TPSA) is 79.4 Å². The molecule has 0 unspecified atom stereocenters. The molecule has 0 saturated heterocycles. The Kier molecular flexibility index (Phi) is 4.77. The summed E-state index contributed by atoms with van der Waals surface area (Å²) < 4.78 is 52.5. The summed E-state index contributed by atoms with van der Waals surface area (Å²) in [6.45, 7) is 2.65. The van der Waals surface area contributed by atoms with Gasteiger partial charge in [-0.15, -0.1) is 0 Å². The largest absolute Gasteiger partial charge is 0.486 e. The van der Waals surface area contributed by atoms with Crippen LogP contribution in [0, 0.1) is 6.92 Å². The average molecular weight is 453 g/mol. The van der Waals surface area contributed by atoms with Gasteiger partial charge in [-0.1, -0.05) is 23.8 Å². The molecule has 168 valence electrons. The molecule has 1 aliphatic rings. The Morgan fingerprint density at radius 2 is 1.67 bits per heavy atom. The Labute approximate surface area is 186 Å². The molecule has 2 aromatic carbocycles. The van der Waals surface area contributed by atoms with Crippen LogP contribution in [0.1, 0.15) is 11.3 Å². The molecule has 0 bridgehead atoms. The summed E-state index contributed by atoms with van der Waals surface area (Å²) in [5.41, 5.74) is 6.43. The second kappa shape index (κ2) is 7.54. The van der Waals surface area contributed by atoms with Crippen molar-refractivity contribution in [2.75, 3.05) is 18.9 Å². The lowest BCUT2D eigenvalue weighted by molar-refractivity contribution is -0.141. The smallest absolute Gasteiger partial charge is 0.433 e. The molecule has 0 atom stereocenters. The number of hydrogen-bond acceptors (Lipinski definition) is 5. The molecule has 3 heterocycles. The Morgan fingerprint density at radius 1 is 0.970 bits per heavy atom. The Bertz CT molecular complexity index is 1440.